The fraction of sp³-hybridized carbons (Fsp3) is 0.0588. The van der Waals surface area contributed by atoms with Crippen molar-refractivity contribution in [1.29, 1.82) is 0 Å². The SMILES string of the molecule is CC(=O)Nc1ccc(Nc2cc[nH+]c3ccc(N)cc23)cc1.[Cl-]. The fourth-order valence-electron chi connectivity index (χ4n) is 2.32. The molecule has 1 heterocycles. The van der Waals surface area contributed by atoms with Crippen LogP contribution in [0, 0.1) is 0 Å². The van der Waals surface area contributed by atoms with E-state index < -0.39 is 0 Å². The number of carbonyl (C=O) groups is 1. The predicted octanol–water partition coefficient (Wildman–Crippen LogP) is -0.0579. The molecule has 23 heavy (non-hydrogen) atoms. The van der Waals surface area contributed by atoms with Gasteiger partial charge in [-0.25, -0.2) is 4.98 Å². The third kappa shape index (κ3) is 3.90. The van der Waals surface area contributed by atoms with Gasteiger partial charge in [0.1, 0.15) is 0 Å². The van der Waals surface area contributed by atoms with E-state index >= 15 is 0 Å². The minimum Gasteiger partial charge on any atom is -1.00 e. The second kappa shape index (κ2) is 6.98. The van der Waals surface area contributed by atoms with E-state index in [2.05, 4.69) is 15.6 Å². The molecule has 0 fully saturated rings. The maximum atomic E-state index is 11.0. The van der Waals surface area contributed by atoms with Crippen LogP contribution in [0.1, 0.15) is 6.92 Å². The second-order valence-electron chi connectivity index (χ2n) is 5.08. The summed E-state index contributed by atoms with van der Waals surface area (Å²) in [5.41, 5.74) is 10.3. The molecular weight excluding hydrogens is 312 g/mol. The molecule has 1 amide bonds. The molecule has 0 bridgehead atoms. The molecule has 0 unspecified atom stereocenters. The van der Waals surface area contributed by atoms with Crippen LogP contribution in [0.2, 0.25) is 0 Å². The number of halogens is 1. The van der Waals surface area contributed by atoms with Gasteiger partial charge in [-0.05, 0) is 36.4 Å². The number of anilines is 4. The van der Waals surface area contributed by atoms with Crippen molar-refractivity contribution in [3.63, 3.8) is 0 Å². The summed E-state index contributed by atoms with van der Waals surface area (Å²) in [7, 11) is 0. The molecule has 0 saturated heterocycles. The molecule has 0 atom stereocenters. The van der Waals surface area contributed by atoms with Gasteiger partial charge in [-0.1, -0.05) is 0 Å². The van der Waals surface area contributed by atoms with Crippen LogP contribution in [0.5, 0.6) is 0 Å². The van der Waals surface area contributed by atoms with Crippen molar-refractivity contribution in [2.45, 2.75) is 6.92 Å². The predicted molar refractivity (Wildman–Crippen MR) is 88.9 cm³/mol. The molecule has 5 nitrogen and oxygen atoms in total. The Morgan fingerprint density at radius 3 is 2.43 bits per heavy atom. The fourth-order valence-corrected chi connectivity index (χ4v) is 2.32. The normalized spacial score (nSPS) is 9.96. The molecular formula is C17H17ClN4O. The van der Waals surface area contributed by atoms with Crippen molar-refractivity contribution >= 4 is 39.6 Å². The Morgan fingerprint density at radius 2 is 1.74 bits per heavy atom. The second-order valence-corrected chi connectivity index (χ2v) is 5.08. The van der Waals surface area contributed by atoms with Gasteiger partial charge in [0.2, 0.25) is 11.4 Å². The van der Waals surface area contributed by atoms with Crippen molar-refractivity contribution in [2.24, 2.45) is 0 Å². The molecule has 3 aromatic rings. The number of amides is 1. The van der Waals surface area contributed by atoms with Crippen molar-refractivity contribution in [3.8, 4) is 0 Å². The first kappa shape index (κ1) is 16.6. The summed E-state index contributed by atoms with van der Waals surface area (Å²) in [6.45, 7) is 1.49. The van der Waals surface area contributed by atoms with Crippen molar-refractivity contribution in [3.05, 3.63) is 54.7 Å². The Bertz CT molecular complexity index is 834. The molecule has 1 aromatic heterocycles. The molecule has 0 aliphatic heterocycles. The smallest absolute Gasteiger partial charge is 0.221 e. The summed E-state index contributed by atoms with van der Waals surface area (Å²) >= 11 is 0. The van der Waals surface area contributed by atoms with Gasteiger partial charge < -0.3 is 28.8 Å². The number of nitrogens with two attached hydrogens (primary N) is 1. The van der Waals surface area contributed by atoms with Crippen LogP contribution in [0.4, 0.5) is 22.7 Å². The van der Waals surface area contributed by atoms with Gasteiger partial charge in [0.05, 0.1) is 11.1 Å². The van der Waals surface area contributed by atoms with Crippen LogP contribution in [-0.4, -0.2) is 5.91 Å². The zero-order valence-corrected chi connectivity index (χ0v) is 13.3. The highest BCUT2D eigenvalue weighted by Gasteiger charge is 2.07. The third-order valence-electron chi connectivity index (χ3n) is 3.31. The summed E-state index contributed by atoms with van der Waals surface area (Å²) in [6, 6.07) is 15.3. The first-order valence-electron chi connectivity index (χ1n) is 6.96. The van der Waals surface area contributed by atoms with E-state index in [0.717, 1.165) is 33.7 Å². The van der Waals surface area contributed by atoms with Crippen LogP contribution in [-0.2, 0) is 4.79 Å². The first-order valence-corrected chi connectivity index (χ1v) is 6.96. The van der Waals surface area contributed by atoms with Gasteiger partial charge in [-0.15, -0.1) is 0 Å². The molecule has 0 saturated carbocycles. The highest BCUT2D eigenvalue weighted by molar-refractivity contribution is 5.93. The van der Waals surface area contributed by atoms with Crippen LogP contribution in [0.25, 0.3) is 10.9 Å². The molecule has 0 radical (unpaired) electrons. The Morgan fingerprint density at radius 1 is 1.04 bits per heavy atom. The van der Waals surface area contributed by atoms with Crippen molar-refractivity contribution in [1.82, 2.24) is 0 Å². The number of pyridine rings is 1. The molecule has 0 aliphatic rings. The standard InChI is InChI=1S/C17H16N4O.ClH/c1-11(22)20-13-3-5-14(6-4-13)21-17-8-9-19-16-7-2-12(18)10-15(16)17;/h2-10H,18H2,1H3,(H,19,21)(H,20,22);1H. The number of nitrogen functional groups attached to an aromatic ring is 1. The van der Waals surface area contributed by atoms with Gasteiger partial charge in [0.15, 0.2) is 6.20 Å². The summed E-state index contributed by atoms with van der Waals surface area (Å²) < 4.78 is 0. The third-order valence-corrected chi connectivity index (χ3v) is 3.31. The van der Waals surface area contributed by atoms with Gasteiger partial charge in [-0.3, -0.25) is 4.79 Å². The van der Waals surface area contributed by atoms with Gasteiger partial charge in [0, 0.05) is 36.1 Å². The summed E-state index contributed by atoms with van der Waals surface area (Å²) in [5.74, 6) is -0.0826. The number of H-pyrrole nitrogens is 1. The van der Waals surface area contributed by atoms with Crippen molar-refractivity contribution < 1.29 is 22.2 Å². The zero-order chi connectivity index (χ0) is 15.5. The Balaban J connectivity index is 0.00000192. The summed E-state index contributed by atoms with van der Waals surface area (Å²) in [6.07, 6.45) is 1.88. The Kier molecular flexibility index (Phi) is 5.03. The number of benzene rings is 2. The number of aromatic amines is 1. The maximum absolute atomic E-state index is 11.0. The molecule has 6 heteroatoms. The van der Waals surface area contributed by atoms with Gasteiger partial charge in [-0.2, -0.15) is 0 Å². The number of nitrogens with one attached hydrogen (secondary N) is 3. The van der Waals surface area contributed by atoms with E-state index in [0.29, 0.717) is 0 Å². The molecule has 118 valence electrons. The number of hydrogen-bond donors (Lipinski definition) is 3. The number of rotatable bonds is 3. The van der Waals surface area contributed by atoms with Crippen LogP contribution in [0.3, 0.4) is 0 Å². The Hall–Kier alpha value is -2.79. The lowest BCUT2D eigenvalue weighted by Crippen LogP contribution is -3.00. The van der Waals surface area contributed by atoms with E-state index in [1.54, 1.807) is 0 Å². The summed E-state index contributed by atoms with van der Waals surface area (Å²) in [5, 5.41) is 7.13. The van der Waals surface area contributed by atoms with E-state index in [1.807, 2.05) is 54.7 Å². The first-order chi connectivity index (χ1) is 10.6. The van der Waals surface area contributed by atoms with Crippen molar-refractivity contribution in [2.75, 3.05) is 16.4 Å². The lowest BCUT2D eigenvalue weighted by molar-refractivity contribution is -0.344. The highest BCUT2D eigenvalue weighted by Crippen LogP contribution is 2.26. The zero-order valence-electron chi connectivity index (χ0n) is 12.6. The van der Waals surface area contributed by atoms with E-state index in [4.69, 9.17) is 5.73 Å². The molecule has 3 rings (SSSR count). The lowest BCUT2D eigenvalue weighted by Gasteiger charge is -2.09. The molecule has 2 aromatic carbocycles. The molecule has 0 aliphatic carbocycles. The number of aromatic nitrogens is 1. The molecule has 0 spiro atoms. The Labute approximate surface area is 140 Å². The number of carbonyl (C=O) groups excluding carboxylic acids is 1. The minimum absolute atomic E-state index is 0. The van der Waals surface area contributed by atoms with Crippen LogP contribution < -0.4 is 33.8 Å². The van der Waals surface area contributed by atoms with E-state index in [-0.39, 0.29) is 18.3 Å². The topological polar surface area (TPSA) is 81.3 Å². The maximum Gasteiger partial charge on any atom is 0.221 e. The van der Waals surface area contributed by atoms with Gasteiger partial charge >= 0.3 is 0 Å². The summed E-state index contributed by atoms with van der Waals surface area (Å²) in [4.78, 5) is 14.2. The number of fused-ring (bicyclic) bond motifs is 1. The quantitative estimate of drug-likeness (QED) is 0.589. The van der Waals surface area contributed by atoms with Crippen LogP contribution >= 0.6 is 0 Å². The van der Waals surface area contributed by atoms with E-state index in [9.17, 15) is 4.79 Å². The lowest BCUT2D eigenvalue weighted by atomic mass is 10.1. The number of hydrogen-bond acceptors (Lipinski definition) is 3. The van der Waals surface area contributed by atoms with E-state index in [1.165, 1.54) is 6.92 Å². The largest absolute Gasteiger partial charge is 1.00 e. The monoisotopic (exact) mass is 328 g/mol. The van der Waals surface area contributed by atoms with Gasteiger partial charge in [0.25, 0.3) is 0 Å². The molecule has 5 N–H and O–H groups in total. The van der Waals surface area contributed by atoms with Crippen LogP contribution in [0.15, 0.2) is 54.7 Å². The average molecular weight is 329 g/mol. The highest BCUT2D eigenvalue weighted by atomic mass is 35.5. The average Bonchev–Trinajstić information content (AvgIpc) is 2.49. The minimum atomic E-state index is -0.0826.